The van der Waals surface area contributed by atoms with Gasteiger partial charge in [-0.25, -0.2) is 0 Å². The number of carbonyl (C=O) groups is 1. The Morgan fingerprint density at radius 2 is 1.43 bits per heavy atom. The molecule has 0 saturated carbocycles. The number of piperazine rings is 1. The third kappa shape index (κ3) is 5.97. The molecule has 0 aliphatic carbocycles. The van der Waals surface area contributed by atoms with Crippen molar-refractivity contribution in [1.82, 2.24) is 24.8 Å². The van der Waals surface area contributed by atoms with Gasteiger partial charge in [-0.15, -0.1) is 0 Å². The van der Waals surface area contributed by atoms with Crippen molar-refractivity contribution in [2.24, 2.45) is 5.92 Å². The molecule has 3 aromatic carbocycles. The van der Waals surface area contributed by atoms with Crippen LogP contribution in [0.3, 0.4) is 0 Å². The van der Waals surface area contributed by atoms with Crippen molar-refractivity contribution in [3.8, 4) is 11.4 Å². The number of nitrogens with zero attached hydrogens (tertiary/aromatic N) is 5. The van der Waals surface area contributed by atoms with Crippen LogP contribution in [0.1, 0.15) is 35.9 Å². The molecule has 3 heterocycles. The summed E-state index contributed by atoms with van der Waals surface area (Å²) in [7, 11) is 0. The van der Waals surface area contributed by atoms with Crippen molar-refractivity contribution >= 4 is 17.5 Å². The first kappa shape index (κ1) is 26.7. The molecule has 0 bridgehead atoms. The van der Waals surface area contributed by atoms with Gasteiger partial charge in [0.1, 0.15) is 0 Å². The Balaban J connectivity index is 1.02. The second-order valence-electron chi connectivity index (χ2n) is 10.6. The van der Waals surface area contributed by atoms with E-state index in [4.69, 9.17) is 16.1 Å². The monoisotopic (exact) mass is 555 g/mol. The lowest BCUT2D eigenvalue weighted by Crippen LogP contribution is -2.52. The molecule has 0 spiro atoms. The maximum absolute atomic E-state index is 13.5. The molecule has 0 unspecified atom stereocenters. The number of aromatic nitrogens is 2. The normalized spacial score (nSPS) is 17.4. The Labute approximate surface area is 240 Å². The second kappa shape index (κ2) is 12.3. The SMILES string of the molecule is O=C(C1CCN(Cc2nc(-c3ccccc3Cl)no2)CC1)N1CCN(C(c2ccccc2)c2ccccc2)CC1. The maximum Gasteiger partial charge on any atom is 0.241 e. The van der Waals surface area contributed by atoms with E-state index in [1.54, 1.807) is 0 Å². The second-order valence-corrected chi connectivity index (χ2v) is 11.0. The summed E-state index contributed by atoms with van der Waals surface area (Å²) in [5, 5.41) is 4.71. The number of hydrogen-bond donors (Lipinski definition) is 0. The van der Waals surface area contributed by atoms with Gasteiger partial charge in [0.15, 0.2) is 0 Å². The zero-order valence-corrected chi connectivity index (χ0v) is 23.3. The number of hydrogen-bond acceptors (Lipinski definition) is 6. The van der Waals surface area contributed by atoms with Crippen molar-refractivity contribution in [2.75, 3.05) is 39.3 Å². The highest BCUT2D eigenvalue weighted by atomic mass is 35.5. The van der Waals surface area contributed by atoms with Gasteiger partial charge in [0.2, 0.25) is 17.6 Å². The van der Waals surface area contributed by atoms with Crippen LogP contribution in [-0.4, -0.2) is 70.0 Å². The fraction of sp³-hybridized carbons (Fsp3) is 0.344. The standard InChI is InChI=1S/C32H34ClN5O2/c33-28-14-8-7-13-27(28)31-34-29(40-35-31)23-36-17-15-26(16-18-36)32(39)38-21-19-37(20-22-38)30(24-9-3-1-4-10-24)25-11-5-2-6-12-25/h1-14,26,30H,15-23H2. The van der Waals surface area contributed by atoms with Crippen LogP contribution in [-0.2, 0) is 11.3 Å². The van der Waals surface area contributed by atoms with Crippen LogP contribution in [0.15, 0.2) is 89.5 Å². The molecule has 6 rings (SSSR count). The molecule has 206 valence electrons. The van der Waals surface area contributed by atoms with Crippen LogP contribution in [0, 0.1) is 5.92 Å². The first-order valence-corrected chi connectivity index (χ1v) is 14.5. The molecule has 40 heavy (non-hydrogen) atoms. The first-order valence-electron chi connectivity index (χ1n) is 14.1. The molecule has 0 radical (unpaired) electrons. The smallest absolute Gasteiger partial charge is 0.241 e. The summed E-state index contributed by atoms with van der Waals surface area (Å²) >= 11 is 6.28. The average Bonchev–Trinajstić information content (AvgIpc) is 3.47. The van der Waals surface area contributed by atoms with E-state index in [-0.39, 0.29) is 12.0 Å². The summed E-state index contributed by atoms with van der Waals surface area (Å²) in [5.41, 5.74) is 3.35. The number of rotatable bonds is 7. The van der Waals surface area contributed by atoms with Crippen LogP contribution in [0.5, 0.6) is 0 Å². The van der Waals surface area contributed by atoms with E-state index in [2.05, 4.69) is 85.5 Å². The lowest BCUT2D eigenvalue weighted by atomic mass is 9.94. The molecule has 7 nitrogen and oxygen atoms in total. The van der Waals surface area contributed by atoms with Crippen LogP contribution in [0.25, 0.3) is 11.4 Å². The van der Waals surface area contributed by atoms with Gasteiger partial charge in [-0.3, -0.25) is 14.6 Å². The number of piperidine rings is 1. The Morgan fingerprint density at radius 1 is 0.825 bits per heavy atom. The predicted molar refractivity (Wildman–Crippen MR) is 156 cm³/mol. The van der Waals surface area contributed by atoms with Gasteiger partial charge in [-0.05, 0) is 49.2 Å². The Bertz CT molecular complexity index is 1360. The summed E-state index contributed by atoms with van der Waals surface area (Å²) in [4.78, 5) is 24.9. The highest BCUT2D eigenvalue weighted by Gasteiger charge is 2.33. The third-order valence-corrected chi connectivity index (χ3v) is 8.43. The molecule has 2 saturated heterocycles. The van der Waals surface area contributed by atoms with E-state index in [0.29, 0.717) is 29.2 Å². The fourth-order valence-electron chi connectivity index (χ4n) is 5.94. The summed E-state index contributed by atoms with van der Waals surface area (Å²) in [6, 6.07) is 29.0. The molecule has 2 aliphatic heterocycles. The average molecular weight is 556 g/mol. The highest BCUT2D eigenvalue weighted by molar-refractivity contribution is 6.33. The van der Waals surface area contributed by atoms with Gasteiger partial charge in [0, 0.05) is 37.7 Å². The molecule has 2 fully saturated rings. The maximum atomic E-state index is 13.5. The lowest BCUT2D eigenvalue weighted by molar-refractivity contribution is -0.139. The molecular weight excluding hydrogens is 522 g/mol. The van der Waals surface area contributed by atoms with E-state index in [0.717, 1.165) is 57.7 Å². The molecule has 0 atom stereocenters. The zero-order valence-electron chi connectivity index (χ0n) is 22.5. The Morgan fingerprint density at radius 3 is 2.05 bits per heavy atom. The number of benzene rings is 3. The predicted octanol–water partition coefficient (Wildman–Crippen LogP) is 5.54. The van der Waals surface area contributed by atoms with Crippen LogP contribution >= 0.6 is 11.6 Å². The van der Waals surface area contributed by atoms with E-state index in [1.807, 2.05) is 24.3 Å². The molecule has 0 N–H and O–H groups in total. The first-order chi connectivity index (χ1) is 19.7. The number of likely N-dealkylation sites (tertiary alicyclic amines) is 1. The van der Waals surface area contributed by atoms with Gasteiger partial charge in [-0.1, -0.05) is 89.6 Å². The third-order valence-electron chi connectivity index (χ3n) is 8.10. The number of amides is 1. The van der Waals surface area contributed by atoms with Crippen molar-refractivity contribution < 1.29 is 9.32 Å². The minimum Gasteiger partial charge on any atom is -0.340 e. The Hall–Kier alpha value is -3.52. The lowest BCUT2D eigenvalue weighted by Gasteiger charge is -2.41. The fourth-order valence-corrected chi connectivity index (χ4v) is 6.16. The molecular formula is C32H34ClN5O2. The topological polar surface area (TPSA) is 65.7 Å². The van der Waals surface area contributed by atoms with Gasteiger partial charge in [-0.2, -0.15) is 4.98 Å². The zero-order chi connectivity index (χ0) is 27.3. The van der Waals surface area contributed by atoms with E-state index >= 15 is 0 Å². The summed E-state index contributed by atoms with van der Waals surface area (Å²) in [6.07, 6.45) is 1.70. The van der Waals surface area contributed by atoms with E-state index < -0.39 is 0 Å². The number of halogens is 1. The summed E-state index contributed by atoms with van der Waals surface area (Å²) in [6.45, 7) is 5.52. The van der Waals surface area contributed by atoms with Crippen LogP contribution in [0.2, 0.25) is 5.02 Å². The van der Waals surface area contributed by atoms with Gasteiger partial charge in [0.05, 0.1) is 17.6 Å². The van der Waals surface area contributed by atoms with Gasteiger partial charge >= 0.3 is 0 Å². The van der Waals surface area contributed by atoms with Crippen molar-refractivity contribution in [3.05, 3.63) is 107 Å². The van der Waals surface area contributed by atoms with Crippen molar-refractivity contribution in [3.63, 3.8) is 0 Å². The minimum absolute atomic E-state index is 0.0724. The quantitative estimate of drug-likeness (QED) is 0.298. The number of carbonyl (C=O) groups excluding carboxylic acids is 1. The van der Waals surface area contributed by atoms with Crippen LogP contribution in [0.4, 0.5) is 0 Å². The van der Waals surface area contributed by atoms with Crippen molar-refractivity contribution in [1.29, 1.82) is 0 Å². The van der Waals surface area contributed by atoms with Gasteiger partial charge < -0.3 is 9.42 Å². The van der Waals surface area contributed by atoms with Crippen molar-refractivity contribution in [2.45, 2.75) is 25.4 Å². The minimum atomic E-state index is 0.0724. The highest BCUT2D eigenvalue weighted by Crippen LogP contribution is 2.30. The molecule has 4 aromatic rings. The Kier molecular flexibility index (Phi) is 8.23. The molecule has 1 aromatic heterocycles. The summed E-state index contributed by atoms with van der Waals surface area (Å²) in [5.74, 6) is 1.45. The van der Waals surface area contributed by atoms with Crippen LogP contribution < -0.4 is 0 Å². The largest absolute Gasteiger partial charge is 0.340 e. The van der Waals surface area contributed by atoms with E-state index in [9.17, 15) is 4.79 Å². The molecule has 2 aliphatic rings. The van der Waals surface area contributed by atoms with Gasteiger partial charge in [0.25, 0.3) is 0 Å². The van der Waals surface area contributed by atoms with E-state index in [1.165, 1.54) is 11.1 Å². The molecule has 8 heteroatoms. The summed E-state index contributed by atoms with van der Waals surface area (Å²) < 4.78 is 5.50. The molecule has 1 amide bonds.